The van der Waals surface area contributed by atoms with Gasteiger partial charge in [0.2, 0.25) is 5.91 Å². The Balaban J connectivity index is 1.34. The quantitative estimate of drug-likeness (QED) is 0.635. The van der Waals surface area contributed by atoms with Crippen molar-refractivity contribution < 1.29 is 19.1 Å². The first-order valence-electron chi connectivity index (χ1n) is 10.5. The highest BCUT2D eigenvalue weighted by molar-refractivity contribution is 6.04. The monoisotopic (exact) mass is 422 g/mol. The predicted molar refractivity (Wildman–Crippen MR) is 117 cm³/mol. The van der Waals surface area contributed by atoms with Crippen LogP contribution in [0.1, 0.15) is 33.6 Å². The molecular formula is C23H26N4O4. The van der Waals surface area contributed by atoms with Gasteiger partial charge in [-0.1, -0.05) is 18.2 Å². The molecule has 1 aliphatic carbocycles. The SMILES string of the molecule is O=C(CNc1cccc(C(=O)N2CCOCC2)c1)Nc1ccccc1C(=O)NC1CC1. The maximum Gasteiger partial charge on any atom is 0.254 e. The number of morpholine rings is 1. The first-order chi connectivity index (χ1) is 15.1. The molecular weight excluding hydrogens is 396 g/mol. The second kappa shape index (κ2) is 9.61. The van der Waals surface area contributed by atoms with Gasteiger partial charge in [-0.2, -0.15) is 0 Å². The molecule has 162 valence electrons. The van der Waals surface area contributed by atoms with Crippen molar-refractivity contribution in [1.29, 1.82) is 0 Å². The molecule has 1 aliphatic heterocycles. The highest BCUT2D eigenvalue weighted by atomic mass is 16.5. The number of amides is 3. The van der Waals surface area contributed by atoms with Crippen LogP contribution in [0.4, 0.5) is 11.4 Å². The van der Waals surface area contributed by atoms with Gasteiger partial charge in [0.25, 0.3) is 11.8 Å². The molecule has 1 heterocycles. The van der Waals surface area contributed by atoms with Crippen LogP contribution in [-0.2, 0) is 9.53 Å². The molecule has 4 rings (SSSR count). The number of benzene rings is 2. The Bertz CT molecular complexity index is 968. The molecule has 0 unspecified atom stereocenters. The predicted octanol–water partition coefficient (Wildman–Crippen LogP) is 2.10. The van der Waals surface area contributed by atoms with Gasteiger partial charge in [-0.15, -0.1) is 0 Å². The smallest absolute Gasteiger partial charge is 0.254 e. The minimum absolute atomic E-state index is 0.00771. The van der Waals surface area contributed by atoms with Crippen molar-refractivity contribution in [2.24, 2.45) is 0 Å². The average molecular weight is 422 g/mol. The van der Waals surface area contributed by atoms with E-state index in [-0.39, 0.29) is 30.3 Å². The molecule has 0 atom stereocenters. The fourth-order valence-electron chi connectivity index (χ4n) is 3.37. The molecule has 0 aromatic heterocycles. The number of hydrogen-bond acceptors (Lipinski definition) is 5. The lowest BCUT2D eigenvalue weighted by Crippen LogP contribution is -2.40. The van der Waals surface area contributed by atoms with E-state index >= 15 is 0 Å². The second-order valence-corrected chi connectivity index (χ2v) is 7.68. The lowest BCUT2D eigenvalue weighted by Gasteiger charge is -2.27. The van der Waals surface area contributed by atoms with Gasteiger partial charge in [-0.3, -0.25) is 14.4 Å². The van der Waals surface area contributed by atoms with Crippen LogP contribution in [0.15, 0.2) is 48.5 Å². The fraction of sp³-hybridized carbons (Fsp3) is 0.348. The van der Waals surface area contributed by atoms with Crippen LogP contribution in [0.2, 0.25) is 0 Å². The Morgan fingerprint density at radius 1 is 1.00 bits per heavy atom. The highest BCUT2D eigenvalue weighted by Crippen LogP contribution is 2.21. The summed E-state index contributed by atoms with van der Waals surface area (Å²) in [4.78, 5) is 39.3. The topological polar surface area (TPSA) is 99.8 Å². The molecule has 3 N–H and O–H groups in total. The van der Waals surface area contributed by atoms with Crippen molar-refractivity contribution in [3.05, 3.63) is 59.7 Å². The Labute approximate surface area is 180 Å². The third-order valence-corrected chi connectivity index (χ3v) is 5.22. The Kier molecular flexibility index (Phi) is 6.47. The number of carbonyl (C=O) groups excluding carboxylic acids is 3. The number of nitrogens with zero attached hydrogens (tertiary/aromatic N) is 1. The molecule has 2 aromatic carbocycles. The van der Waals surface area contributed by atoms with Gasteiger partial charge in [0.05, 0.1) is 31.0 Å². The van der Waals surface area contributed by atoms with E-state index in [1.165, 1.54) is 0 Å². The molecule has 1 saturated carbocycles. The number of para-hydroxylation sites is 1. The van der Waals surface area contributed by atoms with Crippen LogP contribution in [0.25, 0.3) is 0 Å². The van der Waals surface area contributed by atoms with Crippen LogP contribution in [0.5, 0.6) is 0 Å². The molecule has 3 amide bonds. The van der Waals surface area contributed by atoms with Crippen molar-refractivity contribution in [1.82, 2.24) is 10.2 Å². The molecule has 0 radical (unpaired) electrons. The van der Waals surface area contributed by atoms with E-state index in [9.17, 15) is 14.4 Å². The molecule has 2 fully saturated rings. The summed E-state index contributed by atoms with van der Waals surface area (Å²) >= 11 is 0. The molecule has 8 nitrogen and oxygen atoms in total. The van der Waals surface area contributed by atoms with E-state index in [2.05, 4.69) is 16.0 Å². The molecule has 2 aliphatic rings. The highest BCUT2D eigenvalue weighted by Gasteiger charge is 2.25. The minimum Gasteiger partial charge on any atom is -0.378 e. The van der Waals surface area contributed by atoms with Crippen molar-refractivity contribution in [3.8, 4) is 0 Å². The van der Waals surface area contributed by atoms with Crippen molar-refractivity contribution in [3.63, 3.8) is 0 Å². The third-order valence-electron chi connectivity index (χ3n) is 5.22. The maximum atomic E-state index is 12.6. The van der Waals surface area contributed by atoms with Gasteiger partial charge >= 0.3 is 0 Å². The fourth-order valence-corrected chi connectivity index (χ4v) is 3.37. The number of carbonyl (C=O) groups is 3. The zero-order chi connectivity index (χ0) is 21.6. The molecule has 0 spiro atoms. The standard InChI is InChI=1S/C23H26N4O4/c28-21(26-20-7-2-1-6-19(20)22(29)25-17-8-9-17)15-24-18-5-3-4-16(14-18)23(30)27-10-12-31-13-11-27/h1-7,14,17,24H,8-13,15H2,(H,25,29)(H,26,28). The first-order valence-corrected chi connectivity index (χ1v) is 10.5. The number of rotatable bonds is 7. The Hall–Kier alpha value is -3.39. The third kappa shape index (κ3) is 5.61. The number of anilines is 2. The zero-order valence-corrected chi connectivity index (χ0v) is 17.2. The van der Waals surface area contributed by atoms with E-state index in [0.29, 0.717) is 48.8 Å². The van der Waals surface area contributed by atoms with Gasteiger partial charge < -0.3 is 25.6 Å². The molecule has 8 heteroatoms. The Morgan fingerprint density at radius 3 is 2.55 bits per heavy atom. The summed E-state index contributed by atoms with van der Waals surface area (Å²) in [5, 5.41) is 8.77. The van der Waals surface area contributed by atoms with Gasteiger partial charge in [0, 0.05) is 30.4 Å². The number of hydrogen-bond donors (Lipinski definition) is 3. The summed E-state index contributed by atoms with van der Waals surface area (Å²) in [6.07, 6.45) is 1.99. The first kappa shape index (κ1) is 20.9. The van der Waals surface area contributed by atoms with E-state index in [1.807, 2.05) is 0 Å². The van der Waals surface area contributed by atoms with Crippen LogP contribution in [0.3, 0.4) is 0 Å². The molecule has 31 heavy (non-hydrogen) atoms. The summed E-state index contributed by atoms with van der Waals surface area (Å²) < 4.78 is 5.29. The molecule has 2 aromatic rings. The summed E-state index contributed by atoms with van der Waals surface area (Å²) in [5.41, 5.74) is 2.16. The van der Waals surface area contributed by atoms with Gasteiger partial charge in [0.1, 0.15) is 0 Å². The average Bonchev–Trinajstić information content (AvgIpc) is 3.62. The zero-order valence-electron chi connectivity index (χ0n) is 17.2. The maximum absolute atomic E-state index is 12.6. The molecule has 1 saturated heterocycles. The number of nitrogens with one attached hydrogen (secondary N) is 3. The summed E-state index contributed by atoms with van der Waals surface area (Å²) in [7, 11) is 0. The number of ether oxygens (including phenoxy) is 1. The summed E-state index contributed by atoms with van der Waals surface area (Å²) in [5.74, 6) is -0.510. The van der Waals surface area contributed by atoms with Crippen molar-refractivity contribution in [2.45, 2.75) is 18.9 Å². The lowest BCUT2D eigenvalue weighted by molar-refractivity contribution is -0.114. The normalized spacial score (nSPS) is 15.8. The Morgan fingerprint density at radius 2 is 1.77 bits per heavy atom. The van der Waals surface area contributed by atoms with Crippen LogP contribution < -0.4 is 16.0 Å². The van der Waals surface area contributed by atoms with Crippen molar-refractivity contribution in [2.75, 3.05) is 43.5 Å². The van der Waals surface area contributed by atoms with E-state index in [1.54, 1.807) is 53.4 Å². The van der Waals surface area contributed by atoms with Gasteiger partial charge in [-0.05, 0) is 43.2 Å². The lowest BCUT2D eigenvalue weighted by atomic mass is 10.1. The summed E-state index contributed by atoms with van der Waals surface area (Å²) in [6, 6.07) is 14.3. The van der Waals surface area contributed by atoms with E-state index in [0.717, 1.165) is 12.8 Å². The van der Waals surface area contributed by atoms with E-state index in [4.69, 9.17) is 4.74 Å². The van der Waals surface area contributed by atoms with Gasteiger partial charge in [-0.25, -0.2) is 0 Å². The van der Waals surface area contributed by atoms with Crippen molar-refractivity contribution >= 4 is 29.1 Å². The molecule has 0 bridgehead atoms. The van der Waals surface area contributed by atoms with Crippen LogP contribution in [0, 0.1) is 0 Å². The minimum atomic E-state index is -0.281. The largest absolute Gasteiger partial charge is 0.378 e. The van der Waals surface area contributed by atoms with Gasteiger partial charge in [0.15, 0.2) is 0 Å². The van der Waals surface area contributed by atoms with Crippen LogP contribution in [-0.4, -0.2) is 61.5 Å². The summed E-state index contributed by atoms with van der Waals surface area (Å²) in [6.45, 7) is 2.25. The van der Waals surface area contributed by atoms with E-state index < -0.39 is 0 Å². The second-order valence-electron chi connectivity index (χ2n) is 7.68. The van der Waals surface area contributed by atoms with Crippen LogP contribution >= 0.6 is 0 Å².